The first kappa shape index (κ1) is 11.6. The maximum atomic E-state index is 10.6. The Labute approximate surface area is 102 Å². The van der Waals surface area contributed by atoms with Crippen LogP contribution < -0.4 is 5.73 Å². The van der Waals surface area contributed by atoms with Gasteiger partial charge in [-0.05, 0) is 12.1 Å². The Morgan fingerprint density at radius 2 is 2.35 bits per heavy atom. The number of hydrogen-bond donors (Lipinski definition) is 1. The van der Waals surface area contributed by atoms with Crippen LogP contribution in [0.1, 0.15) is 6.42 Å². The molecule has 2 aromatic heterocycles. The number of rotatable bonds is 5. The van der Waals surface area contributed by atoms with Crippen LogP contribution in [-0.2, 0) is 4.79 Å². The van der Waals surface area contributed by atoms with Gasteiger partial charge in [0.2, 0.25) is 11.8 Å². The molecule has 0 bridgehead atoms. The van der Waals surface area contributed by atoms with Gasteiger partial charge in [-0.2, -0.15) is 0 Å². The molecule has 0 atom stereocenters. The van der Waals surface area contributed by atoms with Gasteiger partial charge in [0.15, 0.2) is 0 Å². The molecule has 17 heavy (non-hydrogen) atoms. The van der Waals surface area contributed by atoms with E-state index in [-0.39, 0.29) is 12.3 Å². The van der Waals surface area contributed by atoms with E-state index in [1.165, 1.54) is 11.8 Å². The van der Waals surface area contributed by atoms with Crippen molar-refractivity contribution in [2.45, 2.75) is 11.6 Å². The van der Waals surface area contributed by atoms with Gasteiger partial charge >= 0.3 is 0 Å². The predicted molar refractivity (Wildman–Crippen MR) is 62.1 cm³/mol. The van der Waals surface area contributed by atoms with Crippen LogP contribution in [-0.4, -0.2) is 26.8 Å². The largest absolute Gasteiger partial charge is 0.411 e. The fourth-order valence-electron chi connectivity index (χ4n) is 1.11. The minimum absolute atomic E-state index is 0.287. The first-order valence-electron chi connectivity index (χ1n) is 4.91. The first-order valence-corrected chi connectivity index (χ1v) is 5.89. The van der Waals surface area contributed by atoms with Crippen molar-refractivity contribution in [2.24, 2.45) is 5.73 Å². The van der Waals surface area contributed by atoms with Crippen molar-refractivity contribution >= 4 is 17.7 Å². The summed E-state index contributed by atoms with van der Waals surface area (Å²) in [6.07, 6.45) is 3.60. The van der Waals surface area contributed by atoms with Crippen LogP contribution >= 0.6 is 11.8 Å². The highest BCUT2D eigenvalue weighted by molar-refractivity contribution is 7.99. The molecule has 7 heteroatoms. The number of nitrogens with zero attached hydrogens (tertiary/aromatic N) is 3. The lowest BCUT2D eigenvalue weighted by molar-refractivity contribution is -0.117. The lowest BCUT2D eigenvalue weighted by Gasteiger charge is -1.93. The van der Waals surface area contributed by atoms with E-state index in [4.69, 9.17) is 10.2 Å². The number of primary amides is 1. The molecule has 2 aromatic rings. The number of aromatic nitrogens is 3. The zero-order chi connectivity index (χ0) is 12.1. The van der Waals surface area contributed by atoms with E-state index < -0.39 is 0 Å². The predicted octanol–water partition coefficient (Wildman–Crippen LogP) is 1.10. The van der Waals surface area contributed by atoms with Crippen molar-refractivity contribution in [2.75, 3.05) is 5.75 Å². The van der Waals surface area contributed by atoms with E-state index in [1.807, 2.05) is 6.07 Å². The summed E-state index contributed by atoms with van der Waals surface area (Å²) in [6, 6.07) is 3.62. The standard InChI is InChI=1S/C10H10N4O2S/c11-8(15)3-5-17-10-14-13-9(16-10)7-2-1-4-12-6-7/h1-2,4,6H,3,5H2,(H2,11,15). The van der Waals surface area contributed by atoms with Gasteiger partial charge in [-0.1, -0.05) is 11.8 Å². The van der Waals surface area contributed by atoms with Crippen LogP contribution in [0.5, 0.6) is 0 Å². The van der Waals surface area contributed by atoms with E-state index in [0.29, 0.717) is 16.9 Å². The Hall–Kier alpha value is -1.89. The molecule has 0 aliphatic carbocycles. The second-order valence-electron chi connectivity index (χ2n) is 3.18. The Morgan fingerprint density at radius 1 is 1.47 bits per heavy atom. The highest BCUT2D eigenvalue weighted by atomic mass is 32.2. The zero-order valence-electron chi connectivity index (χ0n) is 8.87. The highest BCUT2D eigenvalue weighted by Gasteiger charge is 2.09. The molecule has 88 valence electrons. The molecule has 2 heterocycles. The summed E-state index contributed by atoms with van der Waals surface area (Å²) in [5, 5.41) is 8.17. The van der Waals surface area contributed by atoms with Crippen molar-refractivity contribution in [3.63, 3.8) is 0 Å². The number of hydrogen-bond acceptors (Lipinski definition) is 6. The van der Waals surface area contributed by atoms with E-state index in [1.54, 1.807) is 18.5 Å². The molecule has 0 fully saturated rings. The van der Waals surface area contributed by atoms with E-state index >= 15 is 0 Å². The third kappa shape index (κ3) is 3.28. The minimum atomic E-state index is -0.343. The van der Waals surface area contributed by atoms with Gasteiger partial charge in [0.25, 0.3) is 5.22 Å². The van der Waals surface area contributed by atoms with E-state index in [0.717, 1.165) is 5.56 Å². The molecule has 0 saturated carbocycles. The molecular weight excluding hydrogens is 240 g/mol. The number of carbonyl (C=O) groups is 1. The van der Waals surface area contributed by atoms with Crippen LogP contribution in [0.4, 0.5) is 0 Å². The maximum absolute atomic E-state index is 10.6. The first-order chi connectivity index (χ1) is 8.25. The van der Waals surface area contributed by atoms with Crippen molar-refractivity contribution in [1.82, 2.24) is 15.2 Å². The summed E-state index contributed by atoms with van der Waals surface area (Å²) in [5.41, 5.74) is 5.79. The van der Waals surface area contributed by atoms with Gasteiger partial charge in [-0.15, -0.1) is 10.2 Å². The van der Waals surface area contributed by atoms with Gasteiger partial charge in [0, 0.05) is 24.6 Å². The summed E-state index contributed by atoms with van der Waals surface area (Å²) >= 11 is 1.30. The molecule has 6 nitrogen and oxygen atoms in total. The minimum Gasteiger partial charge on any atom is -0.411 e. The number of pyridine rings is 1. The fraction of sp³-hybridized carbons (Fsp3) is 0.200. The van der Waals surface area contributed by atoms with Crippen LogP contribution in [0, 0.1) is 0 Å². The van der Waals surface area contributed by atoms with E-state index in [9.17, 15) is 4.79 Å². The third-order valence-corrected chi connectivity index (χ3v) is 2.71. The smallest absolute Gasteiger partial charge is 0.276 e. The molecule has 2 rings (SSSR count). The Morgan fingerprint density at radius 3 is 3.06 bits per heavy atom. The van der Waals surface area contributed by atoms with E-state index in [2.05, 4.69) is 15.2 Å². The van der Waals surface area contributed by atoms with Gasteiger partial charge in [-0.25, -0.2) is 0 Å². The molecule has 0 spiro atoms. The summed E-state index contributed by atoms with van der Waals surface area (Å²) in [4.78, 5) is 14.5. The molecule has 2 N–H and O–H groups in total. The third-order valence-electron chi connectivity index (χ3n) is 1.89. The number of carbonyl (C=O) groups excluding carboxylic acids is 1. The van der Waals surface area contributed by atoms with Crippen LogP contribution in [0.15, 0.2) is 34.2 Å². The summed E-state index contributed by atoms with van der Waals surface area (Å²) in [6.45, 7) is 0. The SMILES string of the molecule is NC(=O)CCSc1nnc(-c2cccnc2)o1. The highest BCUT2D eigenvalue weighted by Crippen LogP contribution is 2.22. The normalized spacial score (nSPS) is 10.4. The topological polar surface area (TPSA) is 94.9 Å². The molecule has 0 radical (unpaired) electrons. The quantitative estimate of drug-likeness (QED) is 0.798. The Kier molecular flexibility index (Phi) is 3.71. The van der Waals surface area contributed by atoms with Gasteiger partial charge in [-0.3, -0.25) is 9.78 Å². The maximum Gasteiger partial charge on any atom is 0.276 e. The molecule has 0 unspecified atom stereocenters. The second-order valence-corrected chi connectivity index (χ2v) is 4.23. The lowest BCUT2D eigenvalue weighted by Crippen LogP contribution is -2.10. The molecular formula is C10H10N4O2S. The monoisotopic (exact) mass is 250 g/mol. The second kappa shape index (κ2) is 5.44. The summed E-state index contributed by atoms with van der Waals surface area (Å²) < 4.78 is 5.40. The summed E-state index contributed by atoms with van der Waals surface area (Å²) in [5.74, 6) is 0.605. The van der Waals surface area contributed by atoms with Crippen molar-refractivity contribution < 1.29 is 9.21 Å². The lowest BCUT2D eigenvalue weighted by atomic mass is 10.3. The molecule has 0 aliphatic heterocycles. The molecule has 0 aliphatic rings. The number of thioether (sulfide) groups is 1. The Bertz CT molecular complexity index is 500. The van der Waals surface area contributed by atoms with Crippen molar-refractivity contribution in [3.8, 4) is 11.5 Å². The molecule has 0 saturated heterocycles. The molecule has 0 aromatic carbocycles. The van der Waals surface area contributed by atoms with Crippen molar-refractivity contribution in [1.29, 1.82) is 0 Å². The van der Waals surface area contributed by atoms with Crippen LogP contribution in [0.25, 0.3) is 11.5 Å². The number of nitrogens with two attached hydrogens (primary N) is 1. The fourth-order valence-corrected chi connectivity index (χ4v) is 1.83. The average Bonchev–Trinajstić information content (AvgIpc) is 2.78. The number of amides is 1. The van der Waals surface area contributed by atoms with Crippen LogP contribution in [0.3, 0.4) is 0 Å². The van der Waals surface area contributed by atoms with Gasteiger partial charge in [0.05, 0.1) is 5.56 Å². The van der Waals surface area contributed by atoms with Gasteiger partial charge in [0.1, 0.15) is 0 Å². The Balaban J connectivity index is 1.99. The average molecular weight is 250 g/mol. The summed E-state index contributed by atoms with van der Waals surface area (Å²) in [7, 11) is 0. The van der Waals surface area contributed by atoms with Crippen LogP contribution in [0.2, 0.25) is 0 Å². The van der Waals surface area contributed by atoms with Gasteiger partial charge < -0.3 is 10.2 Å². The molecule has 1 amide bonds. The zero-order valence-corrected chi connectivity index (χ0v) is 9.68. The van der Waals surface area contributed by atoms with Crippen molar-refractivity contribution in [3.05, 3.63) is 24.5 Å².